The van der Waals surface area contributed by atoms with Crippen LogP contribution in [0.5, 0.6) is 23.0 Å². The van der Waals surface area contributed by atoms with Crippen LogP contribution in [0.2, 0.25) is 0 Å². The molecule has 0 heterocycles. The summed E-state index contributed by atoms with van der Waals surface area (Å²) in [6.45, 7) is 3.64. The molecule has 4 nitrogen and oxygen atoms in total. The van der Waals surface area contributed by atoms with Gasteiger partial charge in [0.25, 0.3) is 0 Å². The molecule has 0 saturated heterocycles. The van der Waals surface area contributed by atoms with E-state index in [0.29, 0.717) is 29.2 Å². The Morgan fingerprint density at radius 1 is 1.19 bits per heavy atom. The Hall–Kier alpha value is -1.84. The fourth-order valence-corrected chi connectivity index (χ4v) is 1.52. The lowest BCUT2D eigenvalue weighted by Gasteiger charge is -2.15. The second-order valence-electron chi connectivity index (χ2n) is 3.13. The number of rotatable bonds is 5. The van der Waals surface area contributed by atoms with Gasteiger partial charge in [-0.2, -0.15) is 0 Å². The van der Waals surface area contributed by atoms with Gasteiger partial charge >= 0.3 is 0 Å². The van der Waals surface area contributed by atoms with Crippen LogP contribution in [0, 0.1) is 0 Å². The van der Waals surface area contributed by atoms with E-state index in [4.69, 9.17) is 14.2 Å². The summed E-state index contributed by atoms with van der Waals surface area (Å²) in [4.78, 5) is 0. The van der Waals surface area contributed by atoms with Crippen molar-refractivity contribution in [1.82, 2.24) is 0 Å². The van der Waals surface area contributed by atoms with Crippen LogP contribution in [-0.4, -0.2) is 26.4 Å². The first-order chi connectivity index (χ1) is 7.69. The molecule has 4 heteroatoms. The molecule has 0 bridgehead atoms. The van der Waals surface area contributed by atoms with Gasteiger partial charge in [0.05, 0.1) is 21.3 Å². The SMILES string of the molecule is C=CCc1c(O)c(OC)cc(OC)c1OC. The Morgan fingerprint density at radius 3 is 2.25 bits per heavy atom. The highest BCUT2D eigenvalue weighted by Gasteiger charge is 2.18. The van der Waals surface area contributed by atoms with Crippen molar-refractivity contribution < 1.29 is 19.3 Å². The zero-order valence-electron chi connectivity index (χ0n) is 9.74. The molecule has 1 rings (SSSR count). The molecule has 0 aliphatic rings. The molecule has 0 radical (unpaired) electrons. The van der Waals surface area contributed by atoms with E-state index >= 15 is 0 Å². The molecule has 0 aromatic heterocycles. The summed E-state index contributed by atoms with van der Waals surface area (Å²) < 4.78 is 15.4. The third kappa shape index (κ3) is 2.05. The van der Waals surface area contributed by atoms with E-state index in [1.54, 1.807) is 12.1 Å². The van der Waals surface area contributed by atoms with Gasteiger partial charge < -0.3 is 19.3 Å². The van der Waals surface area contributed by atoms with Gasteiger partial charge in [-0.3, -0.25) is 0 Å². The standard InChI is InChI=1S/C12H16O4/c1-5-6-8-11(13)9(14-2)7-10(15-3)12(8)16-4/h5,7,13H,1,6H2,2-4H3. The Morgan fingerprint density at radius 2 is 1.81 bits per heavy atom. The van der Waals surface area contributed by atoms with Crippen molar-refractivity contribution in [2.24, 2.45) is 0 Å². The predicted molar refractivity (Wildman–Crippen MR) is 61.7 cm³/mol. The lowest BCUT2D eigenvalue weighted by molar-refractivity contribution is 0.332. The van der Waals surface area contributed by atoms with Crippen molar-refractivity contribution >= 4 is 0 Å². The Labute approximate surface area is 95.1 Å². The normalized spacial score (nSPS) is 9.69. The van der Waals surface area contributed by atoms with Crippen LogP contribution in [0.3, 0.4) is 0 Å². The quantitative estimate of drug-likeness (QED) is 0.778. The van der Waals surface area contributed by atoms with E-state index in [2.05, 4.69) is 6.58 Å². The number of aromatic hydroxyl groups is 1. The number of hydrogen-bond acceptors (Lipinski definition) is 4. The highest BCUT2D eigenvalue weighted by molar-refractivity contribution is 5.61. The third-order valence-electron chi connectivity index (χ3n) is 2.27. The van der Waals surface area contributed by atoms with Crippen molar-refractivity contribution in [2.75, 3.05) is 21.3 Å². The summed E-state index contributed by atoms with van der Waals surface area (Å²) >= 11 is 0. The van der Waals surface area contributed by atoms with Crippen LogP contribution in [-0.2, 0) is 6.42 Å². The topological polar surface area (TPSA) is 47.9 Å². The third-order valence-corrected chi connectivity index (χ3v) is 2.27. The number of hydrogen-bond donors (Lipinski definition) is 1. The minimum Gasteiger partial charge on any atom is -0.504 e. The summed E-state index contributed by atoms with van der Waals surface area (Å²) in [7, 11) is 4.54. The molecule has 16 heavy (non-hydrogen) atoms. The van der Waals surface area contributed by atoms with Gasteiger partial charge in [-0.15, -0.1) is 6.58 Å². The summed E-state index contributed by atoms with van der Waals surface area (Å²) in [5.74, 6) is 1.43. The van der Waals surface area contributed by atoms with Gasteiger partial charge in [-0.05, 0) is 6.42 Å². The second-order valence-corrected chi connectivity index (χ2v) is 3.13. The van der Waals surface area contributed by atoms with E-state index in [-0.39, 0.29) is 5.75 Å². The maximum Gasteiger partial charge on any atom is 0.168 e. The minimum absolute atomic E-state index is 0.0556. The summed E-state index contributed by atoms with van der Waals surface area (Å²) in [5, 5.41) is 9.94. The summed E-state index contributed by atoms with van der Waals surface area (Å²) in [6.07, 6.45) is 2.15. The maximum absolute atomic E-state index is 9.94. The van der Waals surface area contributed by atoms with Gasteiger partial charge in [-0.1, -0.05) is 6.08 Å². The predicted octanol–water partition coefficient (Wildman–Crippen LogP) is 2.15. The number of methoxy groups -OCH3 is 3. The number of phenols is 1. The molecule has 0 spiro atoms. The molecular formula is C12H16O4. The van der Waals surface area contributed by atoms with Crippen molar-refractivity contribution in [3.8, 4) is 23.0 Å². The molecular weight excluding hydrogens is 208 g/mol. The number of benzene rings is 1. The van der Waals surface area contributed by atoms with Crippen molar-refractivity contribution in [3.05, 3.63) is 24.3 Å². The molecule has 0 saturated carbocycles. The van der Waals surface area contributed by atoms with E-state index in [1.807, 2.05) is 0 Å². The lowest BCUT2D eigenvalue weighted by Crippen LogP contribution is -1.98. The first kappa shape index (κ1) is 12.2. The second kappa shape index (κ2) is 5.30. The van der Waals surface area contributed by atoms with Crippen LogP contribution in [0.4, 0.5) is 0 Å². The van der Waals surface area contributed by atoms with Crippen molar-refractivity contribution in [3.63, 3.8) is 0 Å². The van der Waals surface area contributed by atoms with Gasteiger partial charge in [-0.25, -0.2) is 0 Å². The molecule has 0 aliphatic heterocycles. The molecule has 0 unspecified atom stereocenters. The number of ether oxygens (including phenoxy) is 3. The maximum atomic E-state index is 9.94. The largest absolute Gasteiger partial charge is 0.504 e. The van der Waals surface area contributed by atoms with E-state index in [9.17, 15) is 5.11 Å². The van der Waals surface area contributed by atoms with Crippen LogP contribution >= 0.6 is 0 Å². The van der Waals surface area contributed by atoms with Gasteiger partial charge in [0.15, 0.2) is 23.0 Å². The zero-order chi connectivity index (χ0) is 12.1. The van der Waals surface area contributed by atoms with Gasteiger partial charge in [0, 0.05) is 11.6 Å². The lowest BCUT2D eigenvalue weighted by atomic mass is 10.1. The molecule has 1 aromatic carbocycles. The fourth-order valence-electron chi connectivity index (χ4n) is 1.52. The first-order valence-corrected chi connectivity index (χ1v) is 4.81. The Balaban J connectivity index is 3.43. The van der Waals surface area contributed by atoms with Crippen LogP contribution in [0.25, 0.3) is 0 Å². The van der Waals surface area contributed by atoms with E-state index in [1.165, 1.54) is 21.3 Å². The van der Waals surface area contributed by atoms with Gasteiger partial charge in [0.1, 0.15) is 0 Å². The Kier molecular flexibility index (Phi) is 4.05. The smallest absolute Gasteiger partial charge is 0.168 e. The molecule has 0 amide bonds. The summed E-state index contributed by atoms with van der Waals surface area (Å²) in [5.41, 5.74) is 0.605. The zero-order valence-corrected chi connectivity index (χ0v) is 9.74. The summed E-state index contributed by atoms with van der Waals surface area (Å²) in [6, 6.07) is 1.58. The first-order valence-electron chi connectivity index (χ1n) is 4.81. The van der Waals surface area contributed by atoms with Crippen molar-refractivity contribution in [1.29, 1.82) is 0 Å². The van der Waals surface area contributed by atoms with E-state index in [0.717, 1.165) is 0 Å². The molecule has 88 valence electrons. The highest BCUT2D eigenvalue weighted by atomic mass is 16.5. The highest BCUT2D eigenvalue weighted by Crippen LogP contribution is 2.43. The van der Waals surface area contributed by atoms with Crippen LogP contribution in [0.15, 0.2) is 18.7 Å². The van der Waals surface area contributed by atoms with E-state index < -0.39 is 0 Å². The van der Waals surface area contributed by atoms with Crippen LogP contribution < -0.4 is 14.2 Å². The van der Waals surface area contributed by atoms with Gasteiger partial charge in [0.2, 0.25) is 0 Å². The average Bonchev–Trinajstić information content (AvgIpc) is 2.31. The molecule has 1 aromatic rings. The molecule has 0 aliphatic carbocycles. The average molecular weight is 224 g/mol. The Bertz CT molecular complexity index is 385. The molecule has 0 atom stereocenters. The number of allylic oxidation sites excluding steroid dienone is 1. The van der Waals surface area contributed by atoms with Crippen molar-refractivity contribution in [2.45, 2.75) is 6.42 Å². The monoisotopic (exact) mass is 224 g/mol. The molecule has 0 fully saturated rings. The minimum atomic E-state index is 0.0556. The fraction of sp³-hybridized carbons (Fsp3) is 0.333. The van der Waals surface area contributed by atoms with Crippen LogP contribution in [0.1, 0.15) is 5.56 Å². The number of phenolic OH excluding ortho intramolecular Hbond substituents is 1. The molecule has 1 N–H and O–H groups in total.